The van der Waals surface area contributed by atoms with Gasteiger partial charge in [0.05, 0.1) is 25.7 Å². The van der Waals surface area contributed by atoms with Crippen molar-refractivity contribution in [2.45, 2.75) is 79.1 Å². The van der Waals surface area contributed by atoms with Gasteiger partial charge in [-0.05, 0) is 51.7 Å². The van der Waals surface area contributed by atoms with Gasteiger partial charge in [-0.25, -0.2) is 4.79 Å². The summed E-state index contributed by atoms with van der Waals surface area (Å²) in [5, 5.41) is 8.81. The van der Waals surface area contributed by atoms with E-state index in [0.717, 1.165) is 25.7 Å². The van der Waals surface area contributed by atoms with Crippen LogP contribution >= 0.6 is 0 Å². The standard InChI is InChI=1S/C12H22O3.C12H20O3/c1-3-5-6-7-8-11(9-10-13)12(14)15-4-2;1-3-5-6-7-8-9-10-11-15-12(13)14-4-2/h7-8,11,13H,3-6,9-10H2,1-2H3;7,9H,3-6,10-11H2,1-2H3/b8-7-;. The molecule has 6 heteroatoms. The molecule has 0 aromatic rings. The molecular weight excluding hydrogens is 384 g/mol. The largest absolute Gasteiger partial charge is 0.508 e. The number of carbonyl (C=O) groups is 2. The predicted molar refractivity (Wildman–Crippen MR) is 120 cm³/mol. The summed E-state index contributed by atoms with van der Waals surface area (Å²) in [5.41, 5.74) is 3.04. The lowest BCUT2D eigenvalue weighted by Gasteiger charge is -2.09. The van der Waals surface area contributed by atoms with Crippen LogP contribution in [0, 0.1) is 5.92 Å². The summed E-state index contributed by atoms with van der Waals surface area (Å²) in [6.45, 7) is 8.94. The zero-order chi connectivity index (χ0) is 22.9. The molecule has 0 rings (SSSR count). The Labute approximate surface area is 183 Å². The lowest BCUT2D eigenvalue weighted by Crippen LogP contribution is -2.17. The molecule has 1 N–H and O–H groups in total. The highest BCUT2D eigenvalue weighted by Gasteiger charge is 2.15. The van der Waals surface area contributed by atoms with Gasteiger partial charge in [-0.3, -0.25) is 4.79 Å². The van der Waals surface area contributed by atoms with Crippen LogP contribution in [0.1, 0.15) is 79.1 Å². The van der Waals surface area contributed by atoms with Crippen molar-refractivity contribution in [1.82, 2.24) is 0 Å². The van der Waals surface area contributed by atoms with Crippen LogP contribution in [0.15, 0.2) is 30.0 Å². The van der Waals surface area contributed by atoms with Crippen LogP contribution in [0.3, 0.4) is 0 Å². The fraction of sp³-hybridized carbons (Fsp3) is 0.708. The molecule has 30 heavy (non-hydrogen) atoms. The van der Waals surface area contributed by atoms with Gasteiger partial charge >= 0.3 is 12.1 Å². The van der Waals surface area contributed by atoms with E-state index in [1.165, 1.54) is 12.8 Å². The van der Waals surface area contributed by atoms with E-state index in [1.807, 2.05) is 24.3 Å². The molecule has 0 amide bonds. The van der Waals surface area contributed by atoms with Crippen molar-refractivity contribution < 1.29 is 28.9 Å². The normalized spacial score (nSPS) is 11.0. The van der Waals surface area contributed by atoms with Crippen LogP contribution < -0.4 is 0 Å². The van der Waals surface area contributed by atoms with Crippen molar-refractivity contribution in [3.8, 4) is 0 Å². The first-order chi connectivity index (χ1) is 14.6. The van der Waals surface area contributed by atoms with E-state index in [4.69, 9.17) is 14.6 Å². The number of esters is 1. The lowest BCUT2D eigenvalue weighted by atomic mass is 10.0. The molecule has 0 aliphatic carbocycles. The molecule has 6 nitrogen and oxygen atoms in total. The zero-order valence-electron chi connectivity index (χ0n) is 19.4. The minimum absolute atomic E-state index is 0.0155. The lowest BCUT2D eigenvalue weighted by molar-refractivity contribution is -0.146. The van der Waals surface area contributed by atoms with Gasteiger partial charge in [-0.15, -0.1) is 5.73 Å². The topological polar surface area (TPSA) is 82.1 Å². The summed E-state index contributed by atoms with van der Waals surface area (Å²) in [6.07, 6.45) is 15.0. The summed E-state index contributed by atoms with van der Waals surface area (Å²) in [7, 11) is 0. The van der Waals surface area contributed by atoms with Crippen molar-refractivity contribution in [3.05, 3.63) is 30.0 Å². The van der Waals surface area contributed by atoms with Crippen LogP contribution in [-0.4, -0.2) is 43.7 Å². The number of carbonyl (C=O) groups excluding carboxylic acids is 2. The number of hydrogen-bond acceptors (Lipinski definition) is 6. The van der Waals surface area contributed by atoms with E-state index < -0.39 is 6.16 Å². The van der Waals surface area contributed by atoms with E-state index in [-0.39, 0.29) is 18.5 Å². The van der Waals surface area contributed by atoms with Crippen molar-refractivity contribution in [1.29, 1.82) is 0 Å². The van der Waals surface area contributed by atoms with E-state index in [2.05, 4.69) is 24.3 Å². The Kier molecular flexibility index (Phi) is 25.1. The maximum absolute atomic E-state index is 11.4. The molecule has 0 aromatic heterocycles. The monoisotopic (exact) mass is 426 g/mol. The molecule has 0 aliphatic heterocycles. The Morgan fingerprint density at radius 1 is 0.900 bits per heavy atom. The van der Waals surface area contributed by atoms with Gasteiger partial charge in [0.2, 0.25) is 0 Å². The minimum atomic E-state index is -0.596. The maximum atomic E-state index is 11.4. The fourth-order valence-corrected chi connectivity index (χ4v) is 2.18. The molecule has 0 spiro atoms. The van der Waals surface area contributed by atoms with E-state index in [1.54, 1.807) is 13.8 Å². The van der Waals surface area contributed by atoms with Gasteiger partial charge < -0.3 is 19.3 Å². The number of allylic oxidation sites excluding steroid dienone is 1. The third kappa shape index (κ3) is 22.3. The SMILES string of the molecule is CCCC/C=C\C(CCO)C(=O)OCC.CCCCC=C=CCCOC(=O)OCC. The first-order valence-corrected chi connectivity index (χ1v) is 11.2. The number of hydrogen-bond donors (Lipinski definition) is 1. The van der Waals surface area contributed by atoms with Gasteiger partial charge in [-0.1, -0.05) is 45.3 Å². The van der Waals surface area contributed by atoms with Crippen molar-refractivity contribution >= 4 is 12.1 Å². The molecule has 0 aliphatic rings. The van der Waals surface area contributed by atoms with Gasteiger partial charge in [0, 0.05) is 13.0 Å². The Bertz CT molecular complexity index is 492. The quantitative estimate of drug-likeness (QED) is 0.155. The molecule has 1 unspecified atom stereocenters. The Morgan fingerprint density at radius 3 is 2.13 bits per heavy atom. The second-order valence-corrected chi connectivity index (χ2v) is 6.48. The van der Waals surface area contributed by atoms with Crippen LogP contribution in [0.25, 0.3) is 0 Å². The summed E-state index contributed by atoms with van der Waals surface area (Å²) in [6, 6.07) is 0. The second kappa shape index (κ2) is 25.0. The van der Waals surface area contributed by atoms with Gasteiger partial charge in [0.25, 0.3) is 0 Å². The average molecular weight is 427 g/mol. The summed E-state index contributed by atoms with van der Waals surface area (Å²) in [4.78, 5) is 22.1. The van der Waals surface area contributed by atoms with Crippen molar-refractivity contribution in [2.75, 3.05) is 26.4 Å². The van der Waals surface area contributed by atoms with Crippen LogP contribution in [-0.2, 0) is 19.0 Å². The number of aliphatic hydroxyl groups excluding tert-OH is 1. The highest BCUT2D eigenvalue weighted by Crippen LogP contribution is 2.09. The van der Waals surface area contributed by atoms with Crippen LogP contribution in [0.4, 0.5) is 4.79 Å². The smallest absolute Gasteiger partial charge is 0.466 e. The average Bonchev–Trinajstić information content (AvgIpc) is 2.73. The van der Waals surface area contributed by atoms with E-state index >= 15 is 0 Å². The predicted octanol–water partition coefficient (Wildman–Crippen LogP) is 5.75. The third-order valence-corrected chi connectivity index (χ3v) is 3.80. The van der Waals surface area contributed by atoms with E-state index in [0.29, 0.717) is 32.7 Å². The Balaban J connectivity index is 0. The van der Waals surface area contributed by atoms with Crippen LogP contribution in [0.2, 0.25) is 0 Å². The summed E-state index contributed by atoms with van der Waals surface area (Å²) in [5.74, 6) is -0.522. The molecule has 0 saturated heterocycles. The number of ether oxygens (including phenoxy) is 3. The molecular formula is C24H42O6. The highest BCUT2D eigenvalue weighted by atomic mass is 16.7. The summed E-state index contributed by atoms with van der Waals surface area (Å²) >= 11 is 0. The Morgan fingerprint density at radius 2 is 1.53 bits per heavy atom. The summed E-state index contributed by atoms with van der Waals surface area (Å²) < 4.78 is 14.3. The van der Waals surface area contributed by atoms with Gasteiger partial charge in [-0.2, -0.15) is 0 Å². The van der Waals surface area contributed by atoms with Crippen molar-refractivity contribution in [3.63, 3.8) is 0 Å². The minimum Gasteiger partial charge on any atom is -0.466 e. The molecule has 174 valence electrons. The zero-order valence-corrected chi connectivity index (χ0v) is 19.4. The fourth-order valence-electron chi connectivity index (χ4n) is 2.18. The van der Waals surface area contributed by atoms with Crippen LogP contribution in [0.5, 0.6) is 0 Å². The molecule has 0 bridgehead atoms. The number of aliphatic hydroxyl groups is 1. The Hall–Kier alpha value is -2.04. The van der Waals surface area contributed by atoms with Gasteiger partial charge in [0.1, 0.15) is 0 Å². The molecule has 0 saturated carbocycles. The van der Waals surface area contributed by atoms with Crippen molar-refractivity contribution in [2.24, 2.45) is 5.92 Å². The number of rotatable bonds is 15. The second-order valence-electron chi connectivity index (χ2n) is 6.48. The maximum Gasteiger partial charge on any atom is 0.508 e. The molecule has 0 aromatic carbocycles. The van der Waals surface area contributed by atoms with Gasteiger partial charge in [0.15, 0.2) is 0 Å². The highest BCUT2D eigenvalue weighted by molar-refractivity contribution is 5.74. The molecule has 0 fully saturated rings. The first-order valence-electron chi connectivity index (χ1n) is 11.2. The van der Waals surface area contributed by atoms with E-state index in [9.17, 15) is 9.59 Å². The first kappa shape index (κ1) is 30.2. The molecule has 0 heterocycles. The molecule has 1 atom stereocenters. The third-order valence-electron chi connectivity index (χ3n) is 3.80. The molecule has 0 radical (unpaired) electrons. The number of unbranched alkanes of at least 4 members (excludes halogenated alkanes) is 4.